The number of carbonyl (C=O) groups excluding carboxylic acids is 3. The second-order valence-electron chi connectivity index (χ2n) is 5.39. The van der Waals surface area contributed by atoms with Gasteiger partial charge in [-0.1, -0.05) is 24.3 Å². The number of hydrogen-bond acceptors (Lipinski definition) is 5. The van der Waals surface area contributed by atoms with Gasteiger partial charge in [-0.25, -0.2) is 0 Å². The number of benzene rings is 1. The molecule has 0 bridgehead atoms. The highest BCUT2D eigenvalue weighted by atomic mass is 32.2. The van der Waals surface area contributed by atoms with Gasteiger partial charge in [0.1, 0.15) is 6.54 Å². The smallest absolute Gasteiger partial charge is 0.294 e. The first-order valence-electron chi connectivity index (χ1n) is 7.57. The molecule has 1 aliphatic heterocycles. The molecule has 0 aliphatic carbocycles. The number of aryl methyl sites for hydroxylation is 1. The number of hydrogen-bond donors (Lipinski definition) is 1. The maximum Gasteiger partial charge on any atom is 0.294 e. The van der Waals surface area contributed by atoms with Crippen LogP contribution in [0.3, 0.4) is 0 Å². The first kappa shape index (κ1) is 16.9. The summed E-state index contributed by atoms with van der Waals surface area (Å²) >= 11 is 0.809. The molecule has 1 saturated heterocycles. The molecule has 1 aromatic heterocycles. The van der Waals surface area contributed by atoms with Gasteiger partial charge in [-0.05, 0) is 49.0 Å². The molecule has 2 heterocycles. The van der Waals surface area contributed by atoms with Crippen molar-refractivity contribution >= 4 is 40.6 Å². The minimum absolute atomic E-state index is 0.260. The van der Waals surface area contributed by atoms with Crippen molar-refractivity contribution in [1.29, 1.82) is 0 Å². The zero-order valence-corrected chi connectivity index (χ0v) is 14.2. The van der Waals surface area contributed by atoms with E-state index in [1.807, 2.05) is 25.1 Å². The van der Waals surface area contributed by atoms with E-state index in [9.17, 15) is 14.4 Å². The van der Waals surface area contributed by atoms with Crippen LogP contribution in [0.2, 0.25) is 0 Å². The molecule has 0 atom stereocenters. The number of amides is 3. The predicted molar refractivity (Wildman–Crippen MR) is 96.7 cm³/mol. The number of aromatic nitrogens is 1. The van der Waals surface area contributed by atoms with E-state index in [1.165, 1.54) is 0 Å². The minimum Gasteiger partial charge on any atom is -0.325 e. The lowest BCUT2D eigenvalue weighted by atomic mass is 10.3. The summed E-state index contributed by atoms with van der Waals surface area (Å²) in [6.45, 7) is 1.52. The highest BCUT2D eigenvalue weighted by molar-refractivity contribution is 8.18. The van der Waals surface area contributed by atoms with Crippen LogP contribution in [-0.4, -0.2) is 33.5 Å². The van der Waals surface area contributed by atoms with E-state index in [-0.39, 0.29) is 11.4 Å². The van der Waals surface area contributed by atoms with Crippen molar-refractivity contribution in [2.45, 2.75) is 6.92 Å². The van der Waals surface area contributed by atoms with Gasteiger partial charge < -0.3 is 5.32 Å². The Kier molecular flexibility index (Phi) is 4.95. The largest absolute Gasteiger partial charge is 0.325 e. The predicted octanol–water partition coefficient (Wildman–Crippen LogP) is 3.07. The summed E-state index contributed by atoms with van der Waals surface area (Å²) in [7, 11) is 0. The molecular formula is C18H15N3O3S. The van der Waals surface area contributed by atoms with E-state index < -0.39 is 17.1 Å². The molecule has 1 fully saturated rings. The van der Waals surface area contributed by atoms with E-state index >= 15 is 0 Å². The van der Waals surface area contributed by atoms with Gasteiger partial charge in [0, 0.05) is 11.4 Å². The van der Waals surface area contributed by atoms with Crippen molar-refractivity contribution in [3.8, 4) is 0 Å². The number of thioether (sulfide) groups is 1. The molecule has 126 valence electrons. The van der Waals surface area contributed by atoms with Crippen molar-refractivity contribution in [2.24, 2.45) is 0 Å². The van der Waals surface area contributed by atoms with Crippen LogP contribution in [0.4, 0.5) is 10.5 Å². The van der Waals surface area contributed by atoms with E-state index in [1.54, 1.807) is 36.4 Å². The zero-order chi connectivity index (χ0) is 17.8. The van der Waals surface area contributed by atoms with E-state index in [0.717, 1.165) is 22.4 Å². The van der Waals surface area contributed by atoms with Gasteiger partial charge in [0.25, 0.3) is 11.1 Å². The lowest BCUT2D eigenvalue weighted by Gasteiger charge is -2.12. The third kappa shape index (κ3) is 4.13. The fourth-order valence-electron chi connectivity index (χ4n) is 2.28. The van der Waals surface area contributed by atoms with Crippen molar-refractivity contribution < 1.29 is 14.4 Å². The molecule has 0 unspecified atom stereocenters. The SMILES string of the molecule is Cc1cccc(/C=C2\SC(=O)N(CC(=O)Nc3ccccc3)C2=O)n1. The Morgan fingerprint density at radius 2 is 1.92 bits per heavy atom. The van der Waals surface area contributed by atoms with E-state index in [2.05, 4.69) is 10.3 Å². The Labute approximate surface area is 148 Å². The number of para-hydroxylation sites is 1. The quantitative estimate of drug-likeness (QED) is 0.855. The molecule has 3 rings (SSSR count). The number of anilines is 1. The fraction of sp³-hybridized carbons (Fsp3) is 0.111. The minimum atomic E-state index is -0.485. The molecule has 3 amide bonds. The Morgan fingerprint density at radius 1 is 1.16 bits per heavy atom. The monoisotopic (exact) mass is 353 g/mol. The molecule has 1 aliphatic rings. The van der Waals surface area contributed by atoms with Crippen LogP contribution < -0.4 is 5.32 Å². The number of nitrogens with zero attached hydrogens (tertiary/aromatic N) is 2. The van der Waals surface area contributed by atoms with Crippen molar-refractivity contribution in [3.05, 3.63) is 64.8 Å². The number of carbonyl (C=O) groups is 3. The Balaban J connectivity index is 1.70. The first-order valence-corrected chi connectivity index (χ1v) is 8.38. The molecular weight excluding hydrogens is 338 g/mol. The number of nitrogens with one attached hydrogen (secondary N) is 1. The van der Waals surface area contributed by atoms with Gasteiger partial charge in [-0.2, -0.15) is 0 Å². The molecule has 2 aromatic rings. The summed E-state index contributed by atoms with van der Waals surface area (Å²) in [4.78, 5) is 42.0. The number of imide groups is 1. The van der Waals surface area contributed by atoms with Gasteiger partial charge in [0.15, 0.2) is 0 Å². The highest BCUT2D eigenvalue weighted by Crippen LogP contribution is 2.31. The van der Waals surface area contributed by atoms with Crippen LogP contribution in [0, 0.1) is 6.92 Å². The number of rotatable bonds is 4. The summed E-state index contributed by atoms with van der Waals surface area (Å²) in [6.07, 6.45) is 1.56. The molecule has 0 spiro atoms. The average molecular weight is 353 g/mol. The summed E-state index contributed by atoms with van der Waals surface area (Å²) in [5.41, 5.74) is 2.02. The van der Waals surface area contributed by atoms with Crippen molar-refractivity contribution in [1.82, 2.24) is 9.88 Å². The van der Waals surface area contributed by atoms with E-state index in [0.29, 0.717) is 11.4 Å². The second kappa shape index (κ2) is 7.31. The second-order valence-corrected chi connectivity index (χ2v) is 6.38. The van der Waals surface area contributed by atoms with Crippen LogP contribution >= 0.6 is 11.8 Å². The van der Waals surface area contributed by atoms with Crippen molar-refractivity contribution in [3.63, 3.8) is 0 Å². The van der Waals surface area contributed by atoms with Crippen LogP contribution in [-0.2, 0) is 9.59 Å². The molecule has 7 heteroatoms. The Hall–Kier alpha value is -2.93. The van der Waals surface area contributed by atoms with Crippen LogP contribution in [0.15, 0.2) is 53.4 Å². The molecule has 0 radical (unpaired) electrons. The summed E-state index contributed by atoms with van der Waals surface area (Å²) in [5, 5.41) is 2.19. The third-order valence-electron chi connectivity index (χ3n) is 3.42. The summed E-state index contributed by atoms with van der Waals surface area (Å²) in [5.74, 6) is -0.912. The molecule has 25 heavy (non-hydrogen) atoms. The molecule has 6 nitrogen and oxygen atoms in total. The maximum absolute atomic E-state index is 12.4. The first-order chi connectivity index (χ1) is 12.0. The molecule has 1 N–H and O–H groups in total. The van der Waals surface area contributed by atoms with Crippen LogP contribution in [0.5, 0.6) is 0 Å². The molecule has 0 saturated carbocycles. The van der Waals surface area contributed by atoms with Gasteiger partial charge in [0.05, 0.1) is 10.6 Å². The zero-order valence-electron chi connectivity index (χ0n) is 13.4. The lowest BCUT2D eigenvalue weighted by Crippen LogP contribution is -2.36. The molecule has 1 aromatic carbocycles. The topological polar surface area (TPSA) is 79.4 Å². The highest BCUT2D eigenvalue weighted by Gasteiger charge is 2.36. The Bertz CT molecular complexity index is 865. The van der Waals surface area contributed by atoms with Crippen LogP contribution in [0.1, 0.15) is 11.4 Å². The standard InChI is InChI=1S/C18H15N3O3S/c1-12-6-5-9-14(19-12)10-15-17(23)21(18(24)25-15)11-16(22)20-13-7-3-2-4-8-13/h2-10H,11H2,1H3,(H,20,22)/b15-10-. The van der Waals surface area contributed by atoms with Crippen LogP contribution in [0.25, 0.3) is 6.08 Å². The average Bonchev–Trinajstić information content (AvgIpc) is 2.83. The normalized spacial score (nSPS) is 15.7. The van der Waals surface area contributed by atoms with Crippen molar-refractivity contribution in [2.75, 3.05) is 11.9 Å². The summed E-state index contributed by atoms with van der Waals surface area (Å²) in [6, 6.07) is 14.3. The number of pyridine rings is 1. The van der Waals surface area contributed by atoms with Gasteiger partial charge in [-0.3, -0.25) is 24.3 Å². The Morgan fingerprint density at radius 3 is 2.64 bits per heavy atom. The maximum atomic E-state index is 12.4. The third-order valence-corrected chi connectivity index (χ3v) is 4.33. The summed E-state index contributed by atoms with van der Waals surface area (Å²) < 4.78 is 0. The lowest BCUT2D eigenvalue weighted by molar-refractivity contribution is -0.127. The van der Waals surface area contributed by atoms with Gasteiger partial charge in [-0.15, -0.1) is 0 Å². The van der Waals surface area contributed by atoms with Gasteiger partial charge in [0.2, 0.25) is 5.91 Å². The fourth-order valence-corrected chi connectivity index (χ4v) is 3.10. The van der Waals surface area contributed by atoms with Gasteiger partial charge >= 0.3 is 0 Å². The van der Waals surface area contributed by atoms with E-state index in [4.69, 9.17) is 0 Å².